The van der Waals surface area contributed by atoms with E-state index >= 15 is 0 Å². The van der Waals surface area contributed by atoms with Crippen LogP contribution in [0.2, 0.25) is 0 Å². The summed E-state index contributed by atoms with van der Waals surface area (Å²) in [6.45, 7) is 5.71. The van der Waals surface area contributed by atoms with E-state index in [1.165, 1.54) is 36.5 Å². The highest BCUT2D eigenvalue weighted by molar-refractivity contribution is 7.91. The molecule has 1 N–H and O–H groups in total. The van der Waals surface area contributed by atoms with Crippen LogP contribution in [-0.4, -0.2) is 45.8 Å². The molecule has 0 saturated carbocycles. The lowest BCUT2D eigenvalue weighted by Crippen LogP contribution is -2.36. The minimum absolute atomic E-state index is 0.0109. The highest BCUT2D eigenvalue weighted by atomic mass is 32.2. The number of sulfone groups is 1. The smallest absolute Gasteiger partial charge is 0.407 e. The second-order valence-corrected chi connectivity index (χ2v) is 10.1. The van der Waals surface area contributed by atoms with Crippen molar-refractivity contribution in [2.75, 3.05) is 6.54 Å². The number of benzene rings is 1. The standard InChI is InChI=1S/C21H23FN4O4S/c1-21(2,3)14-25(20(27)28)13-15-12-18(31(29,30)16-8-5-4-6-9-16)26(24-15)17-10-7-11-23-19(17)22/h4-12H,13-14H2,1-3H3,(H,27,28). The molecule has 0 aliphatic heterocycles. The molecule has 0 unspecified atom stereocenters. The fraction of sp³-hybridized carbons (Fsp3) is 0.286. The van der Waals surface area contributed by atoms with E-state index in [2.05, 4.69) is 10.1 Å². The third-order valence-electron chi connectivity index (χ3n) is 4.31. The summed E-state index contributed by atoms with van der Waals surface area (Å²) in [6, 6.07) is 11.8. The lowest BCUT2D eigenvalue weighted by Gasteiger charge is -2.27. The summed E-state index contributed by atoms with van der Waals surface area (Å²) in [4.78, 5) is 16.4. The normalized spacial score (nSPS) is 12.0. The molecule has 8 nitrogen and oxygen atoms in total. The zero-order valence-electron chi connectivity index (χ0n) is 17.4. The van der Waals surface area contributed by atoms with Gasteiger partial charge in [0.1, 0.15) is 5.69 Å². The molecule has 10 heteroatoms. The van der Waals surface area contributed by atoms with Crippen LogP contribution >= 0.6 is 0 Å². The maximum absolute atomic E-state index is 14.4. The highest BCUT2D eigenvalue weighted by Gasteiger charge is 2.28. The van der Waals surface area contributed by atoms with Crippen LogP contribution in [0.1, 0.15) is 26.5 Å². The highest BCUT2D eigenvalue weighted by Crippen LogP contribution is 2.26. The van der Waals surface area contributed by atoms with E-state index in [-0.39, 0.29) is 39.8 Å². The summed E-state index contributed by atoms with van der Waals surface area (Å²) < 4.78 is 41.9. The number of amides is 1. The number of carboxylic acid groups (broad SMARTS) is 1. The molecule has 0 aliphatic carbocycles. The summed E-state index contributed by atoms with van der Waals surface area (Å²) >= 11 is 0. The molecule has 0 atom stereocenters. The van der Waals surface area contributed by atoms with Crippen LogP contribution in [0.25, 0.3) is 5.69 Å². The molecule has 3 aromatic rings. The largest absolute Gasteiger partial charge is 0.465 e. The molecular weight excluding hydrogens is 423 g/mol. The van der Waals surface area contributed by atoms with Gasteiger partial charge in [0.05, 0.1) is 17.1 Å². The van der Waals surface area contributed by atoms with E-state index < -0.39 is 21.9 Å². The molecule has 1 amide bonds. The van der Waals surface area contributed by atoms with E-state index in [1.807, 2.05) is 20.8 Å². The molecular formula is C21H23FN4O4S. The van der Waals surface area contributed by atoms with Crippen molar-refractivity contribution in [2.45, 2.75) is 37.2 Å². The number of aromatic nitrogens is 3. The zero-order valence-corrected chi connectivity index (χ0v) is 18.2. The van der Waals surface area contributed by atoms with Crippen LogP contribution in [-0.2, 0) is 16.4 Å². The number of nitrogens with zero attached hydrogens (tertiary/aromatic N) is 4. The Balaban J connectivity index is 2.13. The number of rotatable bonds is 6. The van der Waals surface area contributed by atoms with Crippen molar-refractivity contribution in [2.24, 2.45) is 5.41 Å². The maximum atomic E-state index is 14.4. The second kappa shape index (κ2) is 8.46. The van der Waals surface area contributed by atoms with Gasteiger partial charge in [-0.05, 0) is 29.7 Å². The predicted octanol–water partition coefficient (Wildman–Crippen LogP) is 3.77. The minimum Gasteiger partial charge on any atom is -0.465 e. The van der Waals surface area contributed by atoms with E-state index in [9.17, 15) is 22.7 Å². The van der Waals surface area contributed by atoms with Crippen molar-refractivity contribution in [1.29, 1.82) is 0 Å². The number of carbonyl (C=O) groups is 1. The topological polar surface area (TPSA) is 105 Å². The Labute approximate surface area is 179 Å². The molecule has 2 aromatic heterocycles. The van der Waals surface area contributed by atoms with Gasteiger partial charge in [-0.25, -0.2) is 22.9 Å². The first-order valence-corrected chi connectivity index (χ1v) is 11.0. The molecule has 0 saturated heterocycles. The Morgan fingerprint density at radius 3 is 2.42 bits per heavy atom. The second-order valence-electron chi connectivity index (χ2n) is 8.21. The molecule has 0 radical (unpaired) electrons. The third kappa shape index (κ3) is 5.08. The van der Waals surface area contributed by atoms with Crippen molar-refractivity contribution in [3.05, 3.63) is 66.4 Å². The van der Waals surface area contributed by atoms with Crippen molar-refractivity contribution < 1.29 is 22.7 Å². The average molecular weight is 447 g/mol. The number of halogens is 1. The van der Waals surface area contributed by atoms with E-state index in [4.69, 9.17) is 0 Å². The first-order chi connectivity index (χ1) is 14.5. The summed E-state index contributed by atoms with van der Waals surface area (Å²) in [6.07, 6.45) is 0.0777. The van der Waals surface area contributed by atoms with Crippen LogP contribution in [0.15, 0.2) is 64.6 Å². The number of hydrogen-bond donors (Lipinski definition) is 1. The van der Waals surface area contributed by atoms with Gasteiger partial charge >= 0.3 is 6.09 Å². The van der Waals surface area contributed by atoms with Gasteiger partial charge in [0, 0.05) is 18.8 Å². The van der Waals surface area contributed by atoms with Gasteiger partial charge in [-0.2, -0.15) is 9.49 Å². The fourth-order valence-electron chi connectivity index (χ4n) is 3.07. The van der Waals surface area contributed by atoms with Gasteiger partial charge < -0.3 is 10.0 Å². The third-order valence-corrected chi connectivity index (χ3v) is 6.05. The van der Waals surface area contributed by atoms with Crippen LogP contribution in [0.4, 0.5) is 9.18 Å². The molecule has 1 aromatic carbocycles. The Morgan fingerprint density at radius 2 is 1.84 bits per heavy atom. The minimum atomic E-state index is -4.06. The molecule has 0 bridgehead atoms. The fourth-order valence-corrected chi connectivity index (χ4v) is 4.48. The van der Waals surface area contributed by atoms with Crippen molar-refractivity contribution in [3.8, 4) is 5.69 Å². The van der Waals surface area contributed by atoms with Gasteiger partial charge in [0.2, 0.25) is 15.8 Å². The molecule has 3 rings (SSSR count). The molecule has 0 spiro atoms. The summed E-state index contributed by atoms with van der Waals surface area (Å²) in [5.41, 5.74) is -0.305. The summed E-state index contributed by atoms with van der Waals surface area (Å²) in [5, 5.41) is 13.5. The van der Waals surface area contributed by atoms with Crippen LogP contribution < -0.4 is 0 Å². The quantitative estimate of drug-likeness (QED) is 0.578. The van der Waals surface area contributed by atoms with Gasteiger partial charge in [0.25, 0.3) is 0 Å². The maximum Gasteiger partial charge on any atom is 0.407 e. The van der Waals surface area contributed by atoms with Gasteiger partial charge in [-0.1, -0.05) is 39.0 Å². The molecule has 0 aliphatic rings. The Morgan fingerprint density at radius 1 is 1.16 bits per heavy atom. The zero-order chi connectivity index (χ0) is 22.8. The first kappa shape index (κ1) is 22.4. The Hall–Kier alpha value is -3.27. The SMILES string of the molecule is CC(C)(C)CN(Cc1cc(S(=O)(=O)c2ccccc2)n(-c2cccnc2F)n1)C(=O)O. The molecule has 2 heterocycles. The Kier molecular flexibility index (Phi) is 6.12. The molecule has 0 fully saturated rings. The summed E-state index contributed by atoms with van der Waals surface area (Å²) in [5.74, 6) is -0.897. The van der Waals surface area contributed by atoms with Crippen molar-refractivity contribution in [1.82, 2.24) is 19.7 Å². The van der Waals surface area contributed by atoms with Crippen molar-refractivity contribution in [3.63, 3.8) is 0 Å². The monoisotopic (exact) mass is 446 g/mol. The van der Waals surface area contributed by atoms with E-state index in [0.29, 0.717) is 0 Å². The average Bonchev–Trinajstić information content (AvgIpc) is 3.12. The number of hydrogen-bond acceptors (Lipinski definition) is 5. The molecule has 31 heavy (non-hydrogen) atoms. The first-order valence-electron chi connectivity index (χ1n) is 9.47. The lowest BCUT2D eigenvalue weighted by molar-refractivity contribution is 0.122. The van der Waals surface area contributed by atoms with Gasteiger partial charge in [-0.15, -0.1) is 0 Å². The van der Waals surface area contributed by atoms with Gasteiger partial charge in [0.15, 0.2) is 5.03 Å². The van der Waals surface area contributed by atoms with Gasteiger partial charge in [-0.3, -0.25) is 0 Å². The van der Waals surface area contributed by atoms with Crippen LogP contribution in [0.3, 0.4) is 0 Å². The number of pyridine rings is 1. The Bertz CT molecular complexity index is 1190. The van der Waals surface area contributed by atoms with Crippen molar-refractivity contribution >= 4 is 15.9 Å². The van der Waals surface area contributed by atoms with E-state index in [0.717, 1.165) is 9.58 Å². The van der Waals surface area contributed by atoms with Crippen LogP contribution in [0, 0.1) is 11.4 Å². The van der Waals surface area contributed by atoms with Crippen LogP contribution in [0.5, 0.6) is 0 Å². The summed E-state index contributed by atoms with van der Waals surface area (Å²) in [7, 11) is -4.06. The van der Waals surface area contributed by atoms with E-state index in [1.54, 1.807) is 18.2 Å². The molecule has 164 valence electrons. The predicted molar refractivity (Wildman–Crippen MR) is 111 cm³/mol. The lowest BCUT2D eigenvalue weighted by atomic mass is 9.96.